The molecule has 0 saturated heterocycles. The Morgan fingerprint density at radius 1 is 1.08 bits per heavy atom. The third kappa shape index (κ3) is 2.55. The summed E-state index contributed by atoms with van der Waals surface area (Å²) < 4.78 is 6.90. The Balaban J connectivity index is 1.99. The van der Waals surface area contributed by atoms with Crippen LogP contribution in [0.4, 0.5) is 0 Å². The molecule has 4 aromatic rings. The lowest BCUT2D eigenvalue weighted by Crippen LogP contribution is -1.92. The van der Waals surface area contributed by atoms with E-state index in [-0.39, 0.29) is 5.75 Å². The van der Waals surface area contributed by atoms with Crippen molar-refractivity contribution in [1.82, 2.24) is 24.7 Å². The van der Waals surface area contributed by atoms with Crippen molar-refractivity contribution >= 4 is 10.9 Å². The van der Waals surface area contributed by atoms with E-state index in [0.29, 0.717) is 17.0 Å². The first-order valence-corrected chi connectivity index (χ1v) is 7.63. The molecule has 0 bridgehead atoms. The molecule has 7 nitrogen and oxygen atoms in total. The number of nitrogens with zero attached hydrogens (tertiary/aromatic N) is 5. The fourth-order valence-corrected chi connectivity index (χ4v) is 2.84. The number of pyridine rings is 1. The predicted molar refractivity (Wildman–Crippen MR) is 93.2 cm³/mol. The van der Waals surface area contributed by atoms with Gasteiger partial charge in [-0.25, -0.2) is 9.97 Å². The maximum absolute atomic E-state index is 10.2. The third-order valence-corrected chi connectivity index (χ3v) is 3.97. The summed E-state index contributed by atoms with van der Waals surface area (Å²) in [6, 6.07) is 7.11. The molecule has 3 aromatic heterocycles. The summed E-state index contributed by atoms with van der Waals surface area (Å²) in [6.07, 6.45) is 6.85. The molecule has 0 aliphatic rings. The number of aryl methyl sites for hydroxylation is 1. The largest absolute Gasteiger partial charge is 0.504 e. The zero-order chi connectivity index (χ0) is 17.4. The number of rotatable bonds is 3. The number of aromatic nitrogens is 5. The van der Waals surface area contributed by atoms with Crippen LogP contribution in [0.25, 0.3) is 33.4 Å². The van der Waals surface area contributed by atoms with Crippen molar-refractivity contribution in [3.63, 3.8) is 0 Å². The highest BCUT2D eigenvalue weighted by molar-refractivity contribution is 5.97. The lowest BCUT2D eigenvalue weighted by Gasteiger charge is -2.08. The van der Waals surface area contributed by atoms with E-state index in [0.717, 1.165) is 22.2 Å². The first kappa shape index (κ1) is 15.1. The Labute approximate surface area is 143 Å². The van der Waals surface area contributed by atoms with Crippen molar-refractivity contribution in [1.29, 1.82) is 0 Å². The molecule has 0 spiro atoms. The highest BCUT2D eigenvalue weighted by atomic mass is 16.5. The monoisotopic (exact) mass is 333 g/mol. The second-order valence-corrected chi connectivity index (χ2v) is 5.56. The third-order valence-electron chi connectivity index (χ3n) is 3.97. The lowest BCUT2D eigenvalue weighted by molar-refractivity contribution is 0.374. The number of hydrogen-bond donors (Lipinski definition) is 1. The van der Waals surface area contributed by atoms with Crippen LogP contribution >= 0.6 is 0 Å². The van der Waals surface area contributed by atoms with Crippen LogP contribution in [0.3, 0.4) is 0 Å². The number of aromatic hydroxyl groups is 1. The quantitative estimate of drug-likeness (QED) is 0.620. The van der Waals surface area contributed by atoms with Crippen LogP contribution in [-0.4, -0.2) is 36.9 Å². The van der Waals surface area contributed by atoms with E-state index in [1.165, 1.54) is 13.4 Å². The number of phenolic OH excluding ortho intramolecular Hbond substituents is 1. The smallest absolute Gasteiger partial charge is 0.162 e. The van der Waals surface area contributed by atoms with Crippen molar-refractivity contribution in [2.45, 2.75) is 0 Å². The standard InChI is InChI=1S/C18H15N5O2/c1-23-9-13(17(22-23)11-3-5-19-6-4-11)18-12-7-15(24)16(25-2)8-14(12)20-10-21-18/h3-10,24H,1-2H3. The van der Waals surface area contributed by atoms with Crippen LogP contribution in [0.2, 0.25) is 0 Å². The van der Waals surface area contributed by atoms with Crippen LogP contribution in [0, 0.1) is 0 Å². The minimum Gasteiger partial charge on any atom is -0.504 e. The summed E-state index contributed by atoms with van der Waals surface area (Å²) in [5, 5.41) is 15.4. The molecular weight excluding hydrogens is 318 g/mol. The van der Waals surface area contributed by atoms with Gasteiger partial charge in [-0.15, -0.1) is 0 Å². The Hall–Kier alpha value is -3.48. The Bertz CT molecular complexity index is 1060. The summed E-state index contributed by atoms with van der Waals surface area (Å²) >= 11 is 0. The zero-order valence-electron chi connectivity index (χ0n) is 13.7. The molecule has 0 fully saturated rings. The highest BCUT2D eigenvalue weighted by Crippen LogP contribution is 2.37. The predicted octanol–water partition coefficient (Wildman–Crippen LogP) is 2.81. The zero-order valence-corrected chi connectivity index (χ0v) is 13.7. The van der Waals surface area contributed by atoms with Crippen molar-refractivity contribution in [3.8, 4) is 34.0 Å². The molecule has 124 valence electrons. The van der Waals surface area contributed by atoms with Crippen molar-refractivity contribution in [2.75, 3.05) is 7.11 Å². The van der Waals surface area contributed by atoms with Gasteiger partial charge < -0.3 is 9.84 Å². The topological polar surface area (TPSA) is 86.0 Å². The summed E-state index contributed by atoms with van der Waals surface area (Å²) in [5.74, 6) is 0.415. The highest BCUT2D eigenvalue weighted by Gasteiger charge is 2.17. The van der Waals surface area contributed by atoms with Gasteiger partial charge in [0.1, 0.15) is 12.0 Å². The average Bonchev–Trinajstić information content (AvgIpc) is 3.03. The van der Waals surface area contributed by atoms with E-state index >= 15 is 0 Å². The Morgan fingerprint density at radius 3 is 2.64 bits per heavy atom. The van der Waals surface area contributed by atoms with Crippen LogP contribution in [0.15, 0.2) is 49.2 Å². The van der Waals surface area contributed by atoms with Crippen LogP contribution in [0.1, 0.15) is 0 Å². The van der Waals surface area contributed by atoms with E-state index in [2.05, 4.69) is 20.1 Å². The fourth-order valence-electron chi connectivity index (χ4n) is 2.84. The molecule has 7 heteroatoms. The minimum atomic E-state index is 0.0420. The number of benzene rings is 1. The van der Waals surface area contributed by atoms with Gasteiger partial charge in [-0.2, -0.15) is 5.10 Å². The van der Waals surface area contributed by atoms with E-state index in [1.807, 2.05) is 25.4 Å². The number of phenols is 1. The number of hydrogen-bond acceptors (Lipinski definition) is 6. The van der Waals surface area contributed by atoms with Gasteiger partial charge in [0.05, 0.1) is 18.3 Å². The van der Waals surface area contributed by atoms with Crippen LogP contribution in [-0.2, 0) is 7.05 Å². The van der Waals surface area contributed by atoms with Crippen LogP contribution < -0.4 is 4.74 Å². The SMILES string of the molecule is COc1cc2ncnc(-c3cn(C)nc3-c3ccncc3)c2cc1O. The molecular formula is C18H15N5O2. The second kappa shape index (κ2) is 5.86. The first-order valence-electron chi connectivity index (χ1n) is 7.63. The van der Waals surface area contributed by atoms with Gasteiger partial charge in [0, 0.05) is 48.2 Å². The second-order valence-electron chi connectivity index (χ2n) is 5.56. The van der Waals surface area contributed by atoms with Crippen molar-refractivity contribution in [3.05, 3.63) is 49.2 Å². The van der Waals surface area contributed by atoms with Gasteiger partial charge in [0.25, 0.3) is 0 Å². The summed E-state index contributed by atoms with van der Waals surface area (Å²) in [7, 11) is 3.36. The molecule has 0 atom stereocenters. The molecule has 3 heterocycles. The van der Waals surface area contributed by atoms with Gasteiger partial charge >= 0.3 is 0 Å². The summed E-state index contributed by atoms with van der Waals surface area (Å²) in [5.41, 5.74) is 3.97. The normalized spacial score (nSPS) is 11.0. The molecule has 0 saturated carbocycles. The Morgan fingerprint density at radius 2 is 1.88 bits per heavy atom. The molecule has 1 N–H and O–H groups in total. The van der Waals surface area contributed by atoms with Crippen LogP contribution in [0.5, 0.6) is 11.5 Å². The minimum absolute atomic E-state index is 0.0420. The van der Waals surface area contributed by atoms with Gasteiger partial charge in [-0.05, 0) is 18.2 Å². The summed E-state index contributed by atoms with van der Waals surface area (Å²) in [6.45, 7) is 0. The molecule has 0 amide bonds. The van der Waals surface area contributed by atoms with E-state index < -0.39 is 0 Å². The maximum Gasteiger partial charge on any atom is 0.162 e. The molecule has 0 radical (unpaired) electrons. The molecule has 0 aliphatic heterocycles. The lowest BCUT2D eigenvalue weighted by atomic mass is 10.0. The van der Waals surface area contributed by atoms with E-state index in [9.17, 15) is 5.11 Å². The molecule has 0 aliphatic carbocycles. The average molecular weight is 333 g/mol. The molecule has 25 heavy (non-hydrogen) atoms. The van der Waals surface area contributed by atoms with Gasteiger partial charge in [0.15, 0.2) is 11.5 Å². The van der Waals surface area contributed by atoms with Crippen molar-refractivity contribution in [2.24, 2.45) is 7.05 Å². The van der Waals surface area contributed by atoms with Gasteiger partial charge in [-0.3, -0.25) is 9.67 Å². The maximum atomic E-state index is 10.2. The molecule has 0 unspecified atom stereocenters. The number of methoxy groups -OCH3 is 1. The Kier molecular flexibility index (Phi) is 3.53. The van der Waals surface area contributed by atoms with Gasteiger partial charge in [-0.1, -0.05) is 0 Å². The first-order chi connectivity index (χ1) is 12.2. The molecule has 1 aromatic carbocycles. The van der Waals surface area contributed by atoms with E-state index in [1.54, 1.807) is 29.2 Å². The molecule has 4 rings (SSSR count). The number of ether oxygens (including phenoxy) is 1. The van der Waals surface area contributed by atoms with Crippen molar-refractivity contribution < 1.29 is 9.84 Å². The van der Waals surface area contributed by atoms with Gasteiger partial charge in [0.2, 0.25) is 0 Å². The van der Waals surface area contributed by atoms with E-state index in [4.69, 9.17) is 4.74 Å². The summed E-state index contributed by atoms with van der Waals surface area (Å²) in [4.78, 5) is 12.8. The fraction of sp³-hybridized carbons (Fsp3) is 0.111. The number of fused-ring (bicyclic) bond motifs is 1.